The maximum absolute atomic E-state index is 15.1. The molecule has 2 aliphatic heterocycles. The lowest BCUT2D eigenvalue weighted by Crippen LogP contribution is -2.64. The number of aliphatic imine (C=N–C) groups is 1. The minimum atomic E-state index is -3.10. The summed E-state index contributed by atoms with van der Waals surface area (Å²) in [5.41, 5.74) is 5.09. The smallest absolute Gasteiger partial charge is 0.387 e. The molecule has 0 bridgehead atoms. The van der Waals surface area contributed by atoms with E-state index in [2.05, 4.69) is 24.8 Å². The summed E-state index contributed by atoms with van der Waals surface area (Å²) < 4.78 is 60.3. The number of benzene rings is 1. The summed E-state index contributed by atoms with van der Waals surface area (Å²) in [6, 6.07) is 4.96. The summed E-state index contributed by atoms with van der Waals surface area (Å²) >= 11 is 6.02. The molecule has 8 nitrogen and oxygen atoms in total. The number of hydrogen-bond donors (Lipinski definition) is 4. The van der Waals surface area contributed by atoms with Gasteiger partial charge in [0.2, 0.25) is 0 Å². The van der Waals surface area contributed by atoms with Crippen LogP contribution < -0.4 is 20.5 Å². The normalized spacial score (nSPS) is 25.5. The van der Waals surface area contributed by atoms with Gasteiger partial charge in [-0.15, -0.1) is 0 Å². The molecule has 1 fully saturated rings. The van der Waals surface area contributed by atoms with Gasteiger partial charge < -0.3 is 15.8 Å². The van der Waals surface area contributed by atoms with E-state index in [1.165, 1.54) is 18.2 Å². The summed E-state index contributed by atoms with van der Waals surface area (Å²) in [6.07, 6.45) is 1.45. The monoisotopic (exact) mass is 531 g/mol. The van der Waals surface area contributed by atoms with Crippen molar-refractivity contribution in [2.45, 2.75) is 49.3 Å². The highest BCUT2D eigenvalue weighted by Crippen LogP contribution is 2.49. The van der Waals surface area contributed by atoms with Gasteiger partial charge in [0, 0.05) is 23.9 Å². The lowest BCUT2D eigenvalue weighted by molar-refractivity contribution is -0.0500. The number of nitrogens with one attached hydrogen (secondary N) is 2. The molecule has 1 aromatic heterocycles. The molecule has 3 heterocycles. The van der Waals surface area contributed by atoms with Gasteiger partial charge >= 0.3 is 6.61 Å². The van der Waals surface area contributed by atoms with Gasteiger partial charge in [0.1, 0.15) is 28.6 Å². The molecule has 35 heavy (non-hydrogen) atoms. The van der Waals surface area contributed by atoms with E-state index >= 15 is 4.39 Å². The summed E-state index contributed by atoms with van der Waals surface area (Å²) in [7, 11) is -3.10. The SMILES string of the molecule is CC1(C)C(N)=N[C@](C)(c2cc(NC(=O)c3ncc(OC(F)F)cc3Cl)ccc2F)[C@@H]2CCN[SH]21=O. The van der Waals surface area contributed by atoms with Gasteiger partial charge in [-0.2, -0.15) is 8.78 Å². The lowest BCUT2D eigenvalue weighted by atomic mass is 9.86. The van der Waals surface area contributed by atoms with Crippen LogP contribution in [0, 0.1) is 5.82 Å². The summed E-state index contributed by atoms with van der Waals surface area (Å²) in [6.45, 7) is 2.62. The highest BCUT2D eigenvalue weighted by Gasteiger charge is 2.58. The average Bonchev–Trinajstić information content (AvgIpc) is 3.18. The minimum Gasteiger partial charge on any atom is -0.433 e. The Bertz CT molecular complexity index is 1270. The number of carbonyl (C=O) groups excluding carboxylic acids is 1. The number of rotatable bonds is 5. The standard InChI is InChI=1S/C22H25ClF3N5O3S/c1-21(2)19(27)31-22(3,16-6-7-29-35(16,21)33)13-8-11(4-5-15(13)24)30-18(32)17-14(23)9-12(10-28-17)34-20(25)26/h4-5,8-10,16,20,35H,6-7H2,1-3H3,(H2,27,31)(H,29,33)(H,30,32)/t16-,22+/m0/s1. The Morgan fingerprint density at radius 3 is 2.71 bits per heavy atom. The molecule has 2 atom stereocenters. The van der Waals surface area contributed by atoms with Gasteiger partial charge in [-0.1, -0.05) is 11.6 Å². The number of halogens is 4. The highest BCUT2D eigenvalue weighted by molar-refractivity contribution is 8.04. The van der Waals surface area contributed by atoms with Crippen molar-refractivity contribution in [2.24, 2.45) is 10.7 Å². The van der Waals surface area contributed by atoms with Crippen LogP contribution in [0.5, 0.6) is 5.75 Å². The summed E-state index contributed by atoms with van der Waals surface area (Å²) in [5, 5.41) is 1.86. The molecule has 1 aromatic carbocycles. The van der Waals surface area contributed by atoms with Crippen molar-refractivity contribution in [2.75, 3.05) is 11.9 Å². The van der Waals surface area contributed by atoms with Crippen molar-refractivity contribution in [3.63, 3.8) is 0 Å². The number of carbonyl (C=O) groups is 1. The fourth-order valence-corrected chi connectivity index (χ4v) is 8.58. The maximum Gasteiger partial charge on any atom is 0.387 e. The second-order valence-electron chi connectivity index (χ2n) is 9.10. The molecule has 0 spiro atoms. The van der Waals surface area contributed by atoms with Crippen molar-refractivity contribution in [1.82, 2.24) is 9.71 Å². The molecule has 4 rings (SSSR count). The number of aromatic nitrogens is 1. The second-order valence-corrected chi connectivity index (χ2v) is 12.9. The molecular weight excluding hydrogens is 507 g/mol. The Hall–Kier alpha value is -2.70. The number of thiol groups is 1. The molecule has 0 saturated carbocycles. The van der Waals surface area contributed by atoms with Crippen molar-refractivity contribution in [3.8, 4) is 5.75 Å². The number of alkyl halides is 2. The van der Waals surface area contributed by atoms with Crippen LogP contribution in [0.4, 0.5) is 18.9 Å². The molecular formula is C22H25ClF3N5O3S. The first-order chi connectivity index (χ1) is 16.3. The van der Waals surface area contributed by atoms with E-state index in [0.29, 0.717) is 13.0 Å². The number of fused-ring (bicyclic) bond motifs is 1. The largest absolute Gasteiger partial charge is 0.433 e. The number of hydrogen-bond acceptors (Lipinski definition) is 6. The Morgan fingerprint density at radius 2 is 2.06 bits per heavy atom. The zero-order valence-corrected chi connectivity index (χ0v) is 20.8. The highest BCUT2D eigenvalue weighted by atomic mass is 35.5. The van der Waals surface area contributed by atoms with E-state index in [4.69, 9.17) is 17.3 Å². The van der Waals surface area contributed by atoms with Crippen LogP contribution in [0.1, 0.15) is 43.2 Å². The fourth-order valence-electron chi connectivity index (χ4n) is 4.69. The Morgan fingerprint density at radius 1 is 1.34 bits per heavy atom. The summed E-state index contributed by atoms with van der Waals surface area (Å²) in [5.74, 6) is -1.49. The predicted molar refractivity (Wildman–Crippen MR) is 129 cm³/mol. The zero-order chi connectivity index (χ0) is 25.8. The van der Waals surface area contributed by atoms with Crippen LogP contribution in [0.3, 0.4) is 0 Å². The molecule has 0 radical (unpaired) electrons. The molecule has 2 aliphatic rings. The van der Waals surface area contributed by atoms with Gasteiger partial charge in [0.15, 0.2) is 0 Å². The van der Waals surface area contributed by atoms with Crippen LogP contribution in [-0.2, 0) is 15.7 Å². The molecule has 0 aliphatic carbocycles. The van der Waals surface area contributed by atoms with E-state index < -0.39 is 44.0 Å². The first-order valence-corrected chi connectivity index (χ1v) is 12.9. The van der Waals surface area contributed by atoms with Gasteiger partial charge in [0.25, 0.3) is 5.91 Å². The maximum atomic E-state index is 15.1. The number of amidine groups is 1. The van der Waals surface area contributed by atoms with E-state index in [-0.39, 0.29) is 33.6 Å². The molecule has 0 unspecified atom stereocenters. The fraction of sp³-hybridized carbons (Fsp3) is 0.409. The Labute approximate surface area is 206 Å². The number of anilines is 1. The third kappa shape index (κ3) is 4.17. The molecule has 190 valence electrons. The number of ether oxygens (including phenoxy) is 1. The van der Waals surface area contributed by atoms with Crippen LogP contribution >= 0.6 is 11.6 Å². The van der Waals surface area contributed by atoms with Crippen molar-refractivity contribution in [1.29, 1.82) is 0 Å². The second kappa shape index (κ2) is 8.75. The zero-order valence-electron chi connectivity index (χ0n) is 19.1. The third-order valence-corrected chi connectivity index (χ3v) is 11.2. The number of nitrogens with zero attached hydrogens (tertiary/aromatic N) is 2. The van der Waals surface area contributed by atoms with Crippen LogP contribution in [0.15, 0.2) is 35.5 Å². The van der Waals surface area contributed by atoms with E-state index in [9.17, 15) is 17.8 Å². The Kier molecular flexibility index (Phi) is 6.35. The van der Waals surface area contributed by atoms with Gasteiger partial charge in [-0.05, 0) is 55.5 Å². The summed E-state index contributed by atoms with van der Waals surface area (Å²) in [4.78, 5) is 21.2. The molecule has 4 N–H and O–H groups in total. The number of pyridine rings is 1. The van der Waals surface area contributed by atoms with Gasteiger partial charge in [0.05, 0.1) is 21.2 Å². The van der Waals surface area contributed by atoms with Gasteiger partial charge in [-0.3, -0.25) is 18.7 Å². The van der Waals surface area contributed by atoms with E-state index in [1.807, 2.05) is 0 Å². The van der Waals surface area contributed by atoms with E-state index in [1.54, 1.807) is 20.8 Å². The van der Waals surface area contributed by atoms with E-state index in [0.717, 1.165) is 12.3 Å². The minimum absolute atomic E-state index is 0.127. The first kappa shape index (κ1) is 25.4. The quantitative estimate of drug-likeness (QED) is 0.441. The Balaban J connectivity index is 1.68. The molecule has 1 amide bonds. The van der Waals surface area contributed by atoms with Crippen LogP contribution in [0.2, 0.25) is 5.02 Å². The number of amides is 1. The number of nitrogens with two attached hydrogens (primary N) is 1. The molecule has 1 saturated heterocycles. The van der Waals surface area contributed by atoms with Gasteiger partial charge in [-0.25, -0.2) is 9.37 Å². The van der Waals surface area contributed by atoms with Crippen molar-refractivity contribution in [3.05, 3.63) is 52.6 Å². The van der Waals surface area contributed by atoms with Crippen molar-refractivity contribution >= 4 is 39.1 Å². The first-order valence-electron chi connectivity index (χ1n) is 10.7. The topological polar surface area (TPSA) is 119 Å². The molecule has 2 aromatic rings. The van der Waals surface area contributed by atoms with Crippen molar-refractivity contribution < 1.29 is 26.9 Å². The van der Waals surface area contributed by atoms with Crippen LogP contribution in [0.25, 0.3) is 0 Å². The molecule has 13 heteroatoms. The predicted octanol–water partition coefficient (Wildman–Crippen LogP) is 3.39. The van der Waals surface area contributed by atoms with Crippen LogP contribution in [-0.4, -0.2) is 44.1 Å². The average molecular weight is 532 g/mol. The lowest BCUT2D eigenvalue weighted by Gasteiger charge is -2.50. The third-order valence-electron chi connectivity index (χ3n) is 6.69.